The number of aromatic nitrogens is 1. The fourth-order valence-electron chi connectivity index (χ4n) is 3.20. The van der Waals surface area contributed by atoms with Crippen LogP contribution in [0, 0.1) is 6.92 Å². The van der Waals surface area contributed by atoms with E-state index in [2.05, 4.69) is 58.6 Å². The van der Waals surface area contributed by atoms with E-state index in [0.29, 0.717) is 18.5 Å². The topological polar surface area (TPSA) is 74.9 Å². The summed E-state index contributed by atoms with van der Waals surface area (Å²) in [6.07, 6.45) is 0. The highest BCUT2D eigenvalue weighted by Gasteiger charge is 2.24. The second kappa shape index (κ2) is 11.9. The molecule has 0 aliphatic carbocycles. The van der Waals surface area contributed by atoms with E-state index in [0.717, 1.165) is 50.3 Å². The van der Waals surface area contributed by atoms with Gasteiger partial charge in [-0.25, -0.2) is 0 Å². The molecule has 0 radical (unpaired) electrons. The van der Waals surface area contributed by atoms with Gasteiger partial charge >= 0.3 is 0 Å². The van der Waals surface area contributed by atoms with E-state index in [1.807, 2.05) is 17.4 Å². The molecule has 29 heavy (non-hydrogen) atoms. The van der Waals surface area contributed by atoms with Gasteiger partial charge in [0, 0.05) is 42.5 Å². The van der Waals surface area contributed by atoms with Crippen LogP contribution in [0.2, 0.25) is 0 Å². The fourth-order valence-corrected chi connectivity index (χ4v) is 4.21. The summed E-state index contributed by atoms with van der Waals surface area (Å²) in [6, 6.07) is 6.73. The van der Waals surface area contributed by atoms with Gasteiger partial charge < -0.3 is 19.9 Å². The first-order chi connectivity index (χ1) is 13.6. The first-order valence-corrected chi connectivity index (χ1v) is 10.7. The van der Waals surface area contributed by atoms with Crippen molar-refractivity contribution in [2.75, 3.05) is 39.9 Å². The number of ether oxygens (including phenoxy) is 1. The molecule has 3 rings (SSSR count). The van der Waals surface area contributed by atoms with Crippen molar-refractivity contribution in [3.8, 4) is 0 Å². The Morgan fingerprint density at radius 2 is 2.03 bits per heavy atom. The van der Waals surface area contributed by atoms with Crippen LogP contribution in [0.15, 0.2) is 27.7 Å². The van der Waals surface area contributed by atoms with Crippen molar-refractivity contribution in [3.05, 3.63) is 39.4 Å². The molecule has 3 heterocycles. The second-order valence-electron chi connectivity index (χ2n) is 7.29. The van der Waals surface area contributed by atoms with E-state index in [1.165, 1.54) is 9.75 Å². The highest BCUT2D eigenvalue weighted by Crippen LogP contribution is 2.27. The summed E-state index contributed by atoms with van der Waals surface area (Å²) in [4.78, 5) is 9.55. The van der Waals surface area contributed by atoms with E-state index < -0.39 is 0 Å². The Hall–Kier alpha value is -1.17. The largest absolute Gasteiger partial charge is 0.379 e. The van der Waals surface area contributed by atoms with Gasteiger partial charge in [-0.2, -0.15) is 0 Å². The summed E-state index contributed by atoms with van der Waals surface area (Å²) >= 11 is 1.86. The molecule has 162 valence electrons. The first-order valence-electron chi connectivity index (χ1n) is 9.85. The molecule has 2 N–H and O–H groups in total. The number of aryl methyl sites for hydroxylation is 1. The van der Waals surface area contributed by atoms with Gasteiger partial charge in [0.1, 0.15) is 0 Å². The number of nitrogens with zero attached hydrogens (tertiary/aromatic N) is 3. The zero-order valence-electron chi connectivity index (χ0n) is 17.6. The molecule has 0 aromatic carbocycles. The van der Waals surface area contributed by atoms with Crippen molar-refractivity contribution in [3.63, 3.8) is 0 Å². The van der Waals surface area contributed by atoms with E-state index in [4.69, 9.17) is 9.26 Å². The van der Waals surface area contributed by atoms with Crippen LogP contribution in [-0.4, -0.2) is 55.9 Å². The van der Waals surface area contributed by atoms with Gasteiger partial charge in [0.15, 0.2) is 11.7 Å². The first kappa shape index (κ1) is 24.1. The molecule has 0 bridgehead atoms. The maximum Gasteiger partial charge on any atom is 0.191 e. The third-order valence-corrected chi connectivity index (χ3v) is 5.96. The van der Waals surface area contributed by atoms with Gasteiger partial charge in [-0.15, -0.1) is 35.3 Å². The molecular formula is C20H32IN5O2S. The third kappa shape index (κ3) is 6.94. The standard InChI is InChI=1S/C20H31N5O2S.HI/c1-14(2)17-11-16(27-24-17)12-22-20(21-4)23-13-18(19-6-5-15(3)28-19)25-7-9-26-10-8-25;/h5-6,11,14,18H,7-10,12-13H2,1-4H3,(H2,21,22,23);1H. The van der Waals surface area contributed by atoms with Crippen LogP contribution in [0.3, 0.4) is 0 Å². The van der Waals surface area contributed by atoms with Crippen LogP contribution in [0.4, 0.5) is 0 Å². The molecule has 7 nitrogen and oxygen atoms in total. The van der Waals surface area contributed by atoms with E-state index >= 15 is 0 Å². The minimum absolute atomic E-state index is 0. The molecule has 0 spiro atoms. The summed E-state index contributed by atoms with van der Waals surface area (Å²) < 4.78 is 10.9. The summed E-state index contributed by atoms with van der Waals surface area (Å²) in [5, 5.41) is 10.9. The lowest BCUT2D eigenvalue weighted by molar-refractivity contribution is 0.0177. The predicted octanol–water partition coefficient (Wildman–Crippen LogP) is 3.52. The van der Waals surface area contributed by atoms with Gasteiger partial charge in [0.25, 0.3) is 0 Å². The number of nitrogens with one attached hydrogen (secondary N) is 2. The number of aliphatic imine (C=N–C) groups is 1. The monoisotopic (exact) mass is 533 g/mol. The normalized spacial score (nSPS) is 16.5. The molecule has 1 aliphatic rings. The molecule has 1 atom stereocenters. The Morgan fingerprint density at radius 3 is 2.62 bits per heavy atom. The SMILES string of the molecule is CN=C(NCc1cc(C(C)C)no1)NCC(c1ccc(C)s1)N1CCOCC1.I. The Labute approximate surface area is 194 Å². The second-order valence-corrected chi connectivity index (χ2v) is 8.61. The Kier molecular flexibility index (Phi) is 9.87. The van der Waals surface area contributed by atoms with Crippen LogP contribution in [-0.2, 0) is 11.3 Å². The minimum atomic E-state index is 0. The summed E-state index contributed by atoms with van der Waals surface area (Å²) in [5.74, 6) is 1.93. The van der Waals surface area contributed by atoms with Crippen LogP contribution < -0.4 is 10.6 Å². The molecule has 9 heteroatoms. The fraction of sp³-hybridized carbons (Fsp3) is 0.600. The Balaban J connectivity index is 0.00000300. The number of thiophene rings is 1. The van der Waals surface area contributed by atoms with Crippen molar-refractivity contribution in [1.29, 1.82) is 0 Å². The van der Waals surface area contributed by atoms with Crippen molar-refractivity contribution in [2.45, 2.75) is 39.3 Å². The van der Waals surface area contributed by atoms with Crippen LogP contribution in [0.5, 0.6) is 0 Å². The van der Waals surface area contributed by atoms with Gasteiger partial charge in [0.05, 0.1) is 31.5 Å². The van der Waals surface area contributed by atoms with Crippen molar-refractivity contribution >= 4 is 41.3 Å². The van der Waals surface area contributed by atoms with Crippen LogP contribution in [0.1, 0.15) is 47.0 Å². The number of hydrogen-bond donors (Lipinski definition) is 2. The molecule has 2 aromatic heterocycles. The van der Waals surface area contributed by atoms with Crippen molar-refractivity contribution < 1.29 is 9.26 Å². The average Bonchev–Trinajstić information content (AvgIpc) is 3.34. The maximum absolute atomic E-state index is 5.53. The van der Waals surface area contributed by atoms with E-state index in [9.17, 15) is 0 Å². The Morgan fingerprint density at radius 1 is 1.28 bits per heavy atom. The summed E-state index contributed by atoms with van der Waals surface area (Å²) in [6.45, 7) is 11.2. The average molecular weight is 533 g/mol. The molecular weight excluding hydrogens is 501 g/mol. The Bertz CT molecular complexity index is 771. The molecule has 0 amide bonds. The summed E-state index contributed by atoms with van der Waals surface area (Å²) in [7, 11) is 1.79. The molecule has 1 fully saturated rings. The molecule has 0 saturated carbocycles. The summed E-state index contributed by atoms with van der Waals surface area (Å²) in [5.41, 5.74) is 0.972. The van der Waals surface area contributed by atoms with Crippen molar-refractivity contribution in [1.82, 2.24) is 20.7 Å². The van der Waals surface area contributed by atoms with Gasteiger partial charge in [-0.05, 0) is 25.0 Å². The highest BCUT2D eigenvalue weighted by atomic mass is 127. The van der Waals surface area contributed by atoms with Gasteiger partial charge in [-0.1, -0.05) is 19.0 Å². The minimum Gasteiger partial charge on any atom is -0.379 e. The number of halogens is 1. The number of morpholine rings is 1. The quantitative estimate of drug-likeness (QED) is 0.323. The lowest BCUT2D eigenvalue weighted by atomic mass is 10.1. The zero-order valence-corrected chi connectivity index (χ0v) is 20.8. The van der Waals surface area contributed by atoms with Gasteiger partial charge in [-0.3, -0.25) is 9.89 Å². The van der Waals surface area contributed by atoms with E-state index in [-0.39, 0.29) is 24.0 Å². The zero-order chi connectivity index (χ0) is 19.9. The lowest BCUT2D eigenvalue weighted by Crippen LogP contribution is -2.46. The number of hydrogen-bond acceptors (Lipinski definition) is 6. The predicted molar refractivity (Wildman–Crippen MR) is 128 cm³/mol. The van der Waals surface area contributed by atoms with Gasteiger partial charge in [0.2, 0.25) is 0 Å². The molecule has 1 saturated heterocycles. The maximum atomic E-state index is 5.53. The highest BCUT2D eigenvalue weighted by molar-refractivity contribution is 14.0. The molecule has 1 unspecified atom stereocenters. The van der Waals surface area contributed by atoms with E-state index in [1.54, 1.807) is 7.05 Å². The third-order valence-electron chi connectivity index (χ3n) is 4.86. The number of guanidine groups is 1. The van der Waals surface area contributed by atoms with Crippen LogP contribution >= 0.6 is 35.3 Å². The van der Waals surface area contributed by atoms with Crippen molar-refractivity contribution in [2.24, 2.45) is 4.99 Å². The molecule has 2 aromatic rings. The van der Waals surface area contributed by atoms with Crippen LogP contribution in [0.25, 0.3) is 0 Å². The smallest absolute Gasteiger partial charge is 0.191 e. The lowest BCUT2D eigenvalue weighted by Gasteiger charge is -2.34. The number of rotatable bonds is 7. The molecule has 1 aliphatic heterocycles.